The van der Waals surface area contributed by atoms with Gasteiger partial charge in [0, 0.05) is 14.1 Å². The molecular formula is C8H11N5O. The fraction of sp³-hybridized carbons (Fsp3) is 0.250. The normalized spacial score (nSPS) is 10.1. The minimum absolute atomic E-state index is 0.593. The summed E-state index contributed by atoms with van der Waals surface area (Å²) in [7, 11) is 3.78. The maximum absolute atomic E-state index is 4.91. The molecule has 0 aliphatic heterocycles. The highest BCUT2D eigenvalue weighted by Crippen LogP contribution is 2.14. The predicted molar refractivity (Wildman–Crippen MR) is 52.7 cm³/mol. The minimum Gasteiger partial charge on any atom is -0.470 e. The first-order chi connectivity index (χ1) is 6.75. The summed E-state index contributed by atoms with van der Waals surface area (Å²) in [4.78, 5) is 4.84. The molecule has 0 aliphatic rings. The van der Waals surface area contributed by atoms with Crippen molar-refractivity contribution in [1.29, 1.82) is 0 Å². The number of rotatable bonds is 3. The molecule has 0 aromatic carbocycles. The number of furan rings is 1. The summed E-state index contributed by atoms with van der Waals surface area (Å²) in [6.45, 7) is 0. The number of anilines is 3. The van der Waals surface area contributed by atoms with Crippen molar-refractivity contribution < 1.29 is 4.42 Å². The summed E-state index contributed by atoms with van der Waals surface area (Å²) in [5, 5.41) is 10.8. The molecule has 0 fully saturated rings. The number of nitrogens with one attached hydrogen (secondary N) is 2. The third kappa shape index (κ3) is 1.68. The van der Waals surface area contributed by atoms with Crippen molar-refractivity contribution in [3.8, 4) is 0 Å². The van der Waals surface area contributed by atoms with Crippen LogP contribution >= 0.6 is 0 Å². The zero-order valence-corrected chi connectivity index (χ0v) is 7.98. The Balaban J connectivity index is 2.11. The van der Waals surface area contributed by atoms with Gasteiger partial charge >= 0.3 is 0 Å². The minimum atomic E-state index is 0.593. The molecule has 0 bridgehead atoms. The van der Waals surface area contributed by atoms with Crippen LogP contribution < -0.4 is 10.2 Å². The van der Waals surface area contributed by atoms with Crippen LogP contribution in [0.5, 0.6) is 0 Å². The van der Waals surface area contributed by atoms with Crippen molar-refractivity contribution in [2.75, 3.05) is 24.3 Å². The zero-order valence-electron chi connectivity index (χ0n) is 7.98. The van der Waals surface area contributed by atoms with E-state index in [2.05, 4.69) is 20.5 Å². The Morgan fingerprint density at radius 2 is 2.29 bits per heavy atom. The van der Waals surface area contributed by atoms with Crippen LogP contribution in [-0.2, 0) is 0 Å². The van der Waals surface area contributed by atoms with Crippen molar-refractivity contribution in [1.82, 2.24) is 15.2 Å². The molecule has 6 heteroatoms. The molecule has 0 atom stereocenters. The molecule has 74 valence electrons. The molecule has 6 nitrogen and oxygen atoms in total. The van der Waals surface area contributed by atoms with Gasteiger partial charge < -0.3 is 14.6 Å². The lowest BCUT2D eigenvalue weighted by Gasteiger charge is -2.04. The monoisotopic (exact) mass is 193 g/mol. The highest BCUT2D eigenvalue weighted by molar-refractivity contribution is 5.51. The van der Waals surface area contributed by atoms with Gasteiger partial charge in [0.05, 0.1) is 12.0 Å². The van der Waals surface area contributed by atoms with E-state index in [1.165, 1.54) is 0 Å². The van der Waals surface area contributed by atoms with E-state index >= 15 is 0 Å². The zero-order chi connectivity index (χ0) is 9.97. The number of H-pyrrole nitrogens is 1. The van der Waals surface area contributed by atoms with E-state index < -0.39 is 0 Å². The third-order valence-electron chi connectivity index (χ3n) is 1.68. The van der Waals surface area contributed by atoms with E-state index in [0.717, 1.165) is 5.69 Å². The molecular weight excluding hydrogens is 182 g/mol. The maximum Gasteiger partial charge on any atom is 0.227 e. The summed E-state index contributed by atoms with van der Waals surface area (Å²) in [6, 6.07) is 1.80. The highest BCUT2D eigenvalue weighted by Gasteiger charge is 2.04. The topological polar surface area (TPSA) is 70.0 Å². The van der Waals surface area contributed by atoms with Gasteiger partial charge in [-0.2, -0.15) is 0 Å². The molecule has 0 spiro atoms. The molecule has 0 aliphatic carbocycles. The van der Waals surface area contributed by atoms with Gasteiger partial charge in [0.15, 0.2) is 0 Å². The van der Waals surface area contributed by atoms with Crippen LogP contribution in [-0.4, -0.2) is 29.3 Å². The fourth-order valence-corrected chi connectivity index (χ4v) is 0.983. The third-order valence-corrected chi connectivity index (χ3v) is 1.68. The van der Waals surface area contributed by atoms with Crippen LogP contribution in [0.1, 0.15) is 0 Å². The van der Waals surface area contributed by atoms with E-state index in [-0.39, 0.29) is 0 Å². The number of nitrogens with zero attached hydrogens (tertiary/aromatic N) is 3. The average molecular weight is 193 g/mol. The van der Waals surface area contributed by atoms with Gasteiger partial charge in [-0.3, -0.25) is 4.98 Å². The summed E-state index contributed by atoms with van der Waals surface area (Å²) in [5.74, 6) is 1.30. The second kappa shape index (κ2) is 3.41. The largest absolute Gasteiger partial charge is 0.470 e. The molecule has 2 N–H and O–H groups in total. The first kappa shape index (κ1) is 8.61. The number of aromatic amines is 1. The fourth-order valence-electron chi connectivity index (χ4n) is 0.983. The lowest BCUT2D eigenvalue weighted by Crippen LogP contribution is -2.10. The Morgan fingerprint density at radius 1 is 1.43 bits per heavy atom. The van der Waals surface area contributed by atoms with E-state index in [1.807, 2.05) is 19.0 Å². The van der Waals surface area contributed by atoms with Crippen LogP contribution in [0.15, 0.2) is 23.0 Å². The first-order valence-electron chi connectivity index (χ1n) is 4.15. The summed E-state index contributed by atoms with van der Waals surface area (Å²) in [5.41, 5.74) is 0.839. The first-order valence-corrected chi connectivity index (χ1v) is 4.15. The average Bonchev–Trinajstić information content (AvgIpc) is 2.75. The van der Waals surface area contributed by atoms with Gasteiger partial charge in [-0.25, -0.2) is 0 Å². The van der Waals surface area contributed by atoms with Gasteiger partial charge in [0.25, 0.3) is 0 Å². The SMILES string of the molecule is CN(C)c1nnc(Nc2ccoc2)[nH]1. The van der Waals surface area contributed by atoms with Gasteiger partial charge in [-0.05, 0) is 6.07 Å². The Labute approximate surface area is 80.9 Å². The van der Waals surface area contributed by atoms with Crippen LogP contribution in [0.25, 0.3) is 0 Å². The van der Waals surface area contributed by atoms with Gasteiger partial charge in [0.1, 0.15) is 6.26 Å². The molecule has 2 aromatic heterocycles. The van der Waals surface area contributed by atoms with Gasteiger partial charge in [-0.1, -0.05) is 0 Å². The van der Waals surface area contributed by atoms with Crippen molar-refractivity contribution in [3.63, 3.8) is 0 Å². The van der Waals surface area contributed by atoms with Crippen molar-refractivity contribution in [2.45, 2.75) is 0 Å². The molecule has 14 heavy (non-hydrogen) atoms. The number of aromatic nitrogens is 3. The van der Waals surface area contributed by atoms with E-state index in [9.17, 15) is 0 Å². The standard InChI is InChI=1S/C8H11N5O/c1-13(2)8-10-7(11-12-8)9-6-3-4-14-5-6/h3-5H,1-2H3,(H2,9,10,11,12). The van der Waals surface area contributed by atoms with Crippen molar-refractivity contribution in [3.05, 3.63) is 18.6 Å². The summed E-state index contributed by atoms with van der Waals surface area (Å²) >= 11 is 0. The van der Waals surface area contributed by atoms with Gasteiger partial charge in [0.2, 0.25) is 11.9 Å². The van der Waals surface area contributed by atoms with Crippen LogP contribution in [0.4, 0.5) is 17.6 Å². The molecule has 0 saturated carbocycles. The molecule has 2 heterocycles. The predicted octanol–water partition coefficient (Wildman–Crippen LogP) is 1.21. The second-order valence-electron chi connectivity index (χ2n) is 3.03. The van der Waals surface area contributed by atoms with Crippen molar-refractivity contribution in [2.24, 2.45) is 0 Å². The van der Waals surface area contributed by atoms with Gasteiger partial charge in [-0.15, -0.1) is 10.2 Å². The molecule has 2 rings (SSSR count). The molecule has 0 unspecified atom stereocenters. The Hall–Kier alpha value is -1.98. The Bertz CT molecular complexity index is 392. The smallest absolute Gasteiger partial charge is 0.227 e. The van der Waals surface area contributed by atoms with Crippen LogP contribution in [0, 0.1) is 0 Å². The van der Waals surface area contributed by atoms with Crippen LogP contribution in [0.3, 0.4) is 0 Å². The summed E-state index contributed by atoms with van der Waals surface area (Å²) in [6.07, 6.45) is 3.18. The quantitative estimate of drug-likeness (QED) is 0.766. The Kier molecular flexibility index (Phi) is 2.10. The van der Waals surface area contributed by atoms with Crippen LogP contribution in [0.2, 0.25) is 0 Å². The summed E-state index contributed by atoms with van der Waals surface area (Å²) < 4.78 is 4.91. The van der Waals surface area contributed by atoms with E-state index in [4.69, 9.17) is 4.42 Å². The highest BCUT2D eigenvalue weighted by atomic mass is 16.3. The lowest BCUT2D eigenvalue weighted by molar-refractivity contribution is 0.568. The lowest BCUT2D eigenvalue weighted by atomic mass is 10.5. The maximum atomic E-state index is 4.91. The van der Waals surface area contributed by atoms with E-state index in [1.54, 1.807) is 18.6 Å². The number of hydrogen-bond acceptors (Lipinski definition) is 5. The Morgan fingerprint density at radius 3 is 2.86 bits per heavy atom. The van der Waals surface area contributed by atoms with Crippen molar-refractivity contribution >= 4 is 17.6 Å². The molecule has 0 saturated heterocycles. The molecule has 0 radical (unpaired) electrons. The number of hydrogen-bond donors (Lipinski definition) is 2. The molecule has 0 amide bonds. The second-order valence-corrected chi connectivity index (χ2v) is 3.03. The van der Waals surface area contributed by atoms with E-state index in [0.29, 0.717) is 11.9 Å². The molecule has 2 aromatic rings.